The second-order valence-electron chi connectivity index (χ2n) is 3.73. The Kier molecular flexibility index (Phi) is 3.09. The highest BCUT2D eigenvalue weighted by Crippen LogP contribution is 2.20. The fourth-order valence-electron chi connectivity index (χ4n) is 1.57. The normalized spacial score (nSPS) is 10.1. The maximum Gasteiger partial charge on any atom is 0.274 e. The summed E-state index contributed by atoms with van der Waals surface area (Å²) in [6.07, 6.45) is 3.01. The Morgan fingerprint density at radius 1 is 1.39 bits per heavy atom. The molecule has 0 atom stereocenters. The van der Waals surface area contributed by atoms with E-state index >= 15 is 0 Å². The number of carbonyl (C=O) groups excluding carboxylic acids is 1. The van der Waals surface area contributed by atoms with Crippen molar-refractivity contribution in [2.45, 2.75) is 0 Å². The van der Waals surface area contributed by atoms with Crippen molar-refractivity contribution in [3.05, 3.63) is 52.7 Å². The second-order valence-corrected chi connectivity index (χ2v) is 3.73. The Bertz CT molecular complexity index is 636. The van der Waals surface area contributed by atoms with Crippen molar-refractivity contribution in [3.63, 3.8) is 0 Å². The molecule has 0 aromatic carbocycles. The lowest BCUT2D eigenvalue weighted by Gasteiger charge is -2.18. The lowest BCUT2D eigenvalue weighted by atomic mass is 10.2. The van der Waals surface area contributed by atoms with Gasteiger partial charge in [0.05, 0.1) is 17.6 Å². The van der Waals surface area contributed by atoms with Gasteiger partial charge in [0.25, 0.3) is 5.91 Å². The van der Waals surface area contributed by atoms with Gasteiger partial charge in [-0.1, -0.05) is 6.07 Å². The number of nitrogens with two attached hydrogens (primary N) is 1. The highest BCUT2D eigenvalue weighted by atomic mass is 16.2. The van der Waals surface area contributed by atoms with E-state index in [9.17, 15) is 9.59 Å². The molecule has 0 radical (unpaired) electrons. The number of H-pyrrole nitrogens is 1. The summed E-state index contributed by atoms with van der Waals surface area (Å²) in [5, 5.41) is 0. The zero-order valence-electron chi connectivity index (χ0n) is 9.75. The van der Waals surface area contributed by atoms with Crippen LogP contribution >= 0.6 is 0 Å². The summed E-state index contributed by atoms with van der Waals surface area (Å²) in [6.45, 7) is 0. The molecule has 2 heterocycles. The van der Waals surface area contributed by atoms with Crippen LogP contribution in [0.2, 0.25) is 0 Å². The quantitative estimate of drug-likeness (QED) is 0.810. The minimum Gasteiger partial charge on any atom is -0.396 e. The van der Waals surface area contributed by atoms with Gasteiger partial charge in [0.1, 0.15) is 5.69 Å². The number of hydrogen-bond donors (Lipinski definition) is 2. The number of amides is 1. The number of rotatable bonds is 2. The third-order valence-electron chi connectivity index (χ3n) is 2.49. The van der Waals surface area contributed by atoms with E-state index in [0.29, 0.717) is 11.4 Å². The molecule has 6 heteroatoms. The molecule has 0 aliphatic rings. The van der Waals surface area contributed by atoms with Gasteiger partial charge >= 0.3 is 0 Å². The van der Waals surface area contributed by atoms with Crippen LogP contribution in [0.3, 0.4) is 0 Å². The topological polar surface area (TPSA) is 92.1 Å². The molecule has 0 saturated carbocycles. The highest BCUT2D eigenvalue weighted by Gasteiger charge is 2.15. The third-order valence-corrected chi connectivity index (χ3v) is 2.49. The first kappa shape index (κ1) is 11.8. The summed E-state index contributed by atoms with van der Waals surface area (Å²) < 4.78 is 0. The van der Waals surface area contributed by atoms with Gasteiger partial charge in [-0.15, -0.1) is 0 Å². The van der Waals surface area contributed by atoms with E-state index in [-0.39, 0.29) is 17.2 Å². The van der Waals surface area contributed by atoms with Gasteiger partial charge in [-0.3, -0.25) is 14.6 Å². The van der Waals surface area contributed by atoms with Crippen molar-refractivity contribution >= 4 is 17.3 Å². The van der Waals surface area contributed by atoms with Crippen LogP contribution in [0.1, 0.15) is 10.5 Å². The van der Waals surface area contributed by atoms with Crippen LogP contribution in [0.15, 0.2) is 41.5 Å². The van der Waals surface area contributed by atoms with Crippen LogP contribution in [0.4, 0.5) is 11.4 Å². The lowest BCUT2D eigenvalue weighted by molar-refractivity contribution is 0.0988. The van der Waals surface area contributed by atoms with Crippen LogP contribution in [0.25, 0.3) is 0 Å². The summed E-state index contributed by atoms with van der Waals surface area (Å²) in [5.74, 6) is -0.342. The molecular weight excluding hydrogens is 232 g/mol. The van der Waals surface area contributed by atoms with Crippen molar-refractivity contribution in [2.75, 3.05) is 17.7 Å². The molecule has 2 aromatic heterocycles. The standard InChI is InChI=1S/C12H12N4O2/c1-16(10-5-6-14-7-8(10)13)12(18)9-3-2-4-11(17)15-9/h2-7H,13H2,1H3,(H,15,17). The lowest BCUT2D eigenvalue weighted by Crippen LogP contribution is -2.29. The van der Waals surface area contributed by atoms with Gasteiger partial charge in [0, 0.05) is 19.3 Å². The Morgan fingerprint density at radius 2 is 2.17 bits per heavy atom. The number of aromatic amines is 1. The summed E-state index contributed by atoms with van der Waals surface area (Å²) in [6, 6.07) is 6.04. The van der Waals surface area contributed by atoms with Crippen LogP contribution in [-0.4, -0.2) is 22.9 Å². The first-order valence-electron chi connectivity index (χ1n) is 5.26. The van der Waals surface area contributed by atoms with Crippen molar-refractivity contribution in [1.82, 2.24) is 9.97 Å². The van der Waals surface area contributed by atoms with E-state index in [4.69, 9.17) is 5.73 Å². The number of anilines is 2. The van der Waals surface area contributed by atoms with Crippen LogP contribution in [0.5, 0.6) is 0 Å². The number of pyridine rings is 2. The maximum atomic E-state index is 12.1. The molecule has 1 amide bonds. The SMILES string of the molecule is CN(C(=O)c1cccc(=O)[nH]1)c1ccncc1N. The molecule has 0 unspecified atom stereocenters. The summed E-state index contributed by atoms with van der Waals surface area (Å²) in [5.41, 5.74) is 6.56. The van der Waals surface area contributed by atoms with E-state index in [1.807, 2.05) is 0 Å². The van der Waals surface area contributed by atoms with Crippen LogP contribution in [-0.2, 0) is 0 Å². The highest BCUT2D eigenvalue weighted by molar-refractivity contribution is 6.05. The summed E-state index contributed by atoms with van der Waals surface area (Å²) in [4.78, 5) is 31.0. The van der Waals surface area contributed by atoms with E-state index in [0.717, 1.165) is 0 Å². The van der Waals surface area contributed by atoms with Gasteiger partial charge < -0.3 is 15.6 Å². The number of nitrogens with one attached hydrogen (secondary N) is 1. The number of nitrogens with zero attached hydrogens (tertiary/aromatic N) is 2. The van der Waals surface area contributed by atoms with E-state index < -0.39 is 0 Å². The zero-order valence-corrected chi connectivity index (χ0v) is 9.75. The van der Waals surface area contributed by atoms with Gasteiger partial charge in [0.2, 0.25) is 5.56 Å². The minimum atomic E-state index is -0.342. The molecular formula is C12H12N4O2. The third kappa shape index (κ3) is 2.22. The molecule has 0 fully saturated rings. The number of hydrogen-bond acceptors (Lipinski definition) is 4. The molecule has 18 heavy (non-hydrogen) atoms. The number of carbonyl (C=O) groups is 1. The van der Waals surface area contributed by atoms with Gasteiger partial charge in [-0.2, -0.15) is 0 Å². The Balaban J connectivity index is 2.35. The average Bonchev–Trinajstić information content (AvgIpc) is 2.37. The molecule has 0 spiro atoms. The largest absolute Gasteiger partial charge is 0.396 e. The first-order valence-corrected chi connectivity index (χ1v) is 5.26. The van der Waals surface area contributed by atoms with Crippen molar-refractivity contribution in [3.8, 4) is 0 Å². The number of aromatic nitrogens is 2. The molecule has 6 nitrogen and oxygen atoms in total. The summed E-state index contributed by atoms with van der Waals surface area (Å²) >= 11 is 0. The molecule has 2 aromatic rings. The predicted molar refractivity (Wildman–Crippen MR) is 68.4 cm³/mol. The molecule has 0 bridgehead atoms. The van der Waals surface area contributed by atoms with E-state index in [2.05, 4.69) is 9.97 Å². The first-order chi connectivity index (χ1) is 8.59. The van der Waals surface area contributed by atoms with E-state index in [1.54, 1.807) is 19.3 Å². The Morgan fingerprint density at radius 3 is 2.83 bits per heavy atom. The minimum absolute atomic E-state index is 0.209. The predicted octanol–water partition coefficient (Wildman–Crippen LogP) is 0.629. The number of nitrogen functional groups attached to an aromatic ring is 1. The second kappa shape index (κ2) is 4.70. The summed E-state index contributed by atoms with van der Waals surface area (Å²) in [7, 11) is 1.58. The van der Waals surface area contributed by atoms with Crippen LogP contribution < -0.4 is 16.2 Å². The molecule has 2 rings (SSSR count). The monoisotopic (exact) mass is 244 g/mol. The maximum absolute atomic E-state index is 12.1. The molecule has 3 N–H and O–H groups in total. The molecule has 92 valence electrons. The average molecular weight is 244 g/mol. The smallest absolute Gasteiger partial charge is 0.274 e. The van der Waals surface area contributed by atoms with Gasteiger partial charge in [0.15, 0.2) is 0 Å². The fraction of sp³-hybridized carbons (Fsp3) is 0.0833. The van der Waals surface area contributed by atoms with Crippen molar-refractivity contribution in [2.24, 2.45) is 0 Å². The van der Waals surface area contributed by atoms with Crippen LogP contribution in [0, 0.1) is 0 Å². The Hall–Kier alpha value is -2.63. The molecule has 0 aliphatic heterocycles. The molecule has 0 aliphatic carbocycles. The van der Waals surface area contributed by atoms with E-state index in [1.165, 1.54) is 29.3 Å². The molecule has 0 saturated heterocycles. The fourth-order valence-corrected chi connectivity index (χ4v) is 1.57. The van der Waals surface area contributed by atoms with Crippen molar-refractivity contribution < 1.29 is 4.79 Å². The Labute approximate surface area is 103 Å². The van der Waals surface area contributed by atoms with Gasteiger partial charge in [-0.05, 0) is 12.1 Å². The van der Waals surface area contributed by atoms with Gasteiger partial charge in [-0.25, -0.2) is 0 Å². The van der Waals surface area contributed by atoms with Crippen molar-refractivity contribution in [1.29, 1.82) is 0 Å². The zero-order chi connectivity index (χ0) is 13.1.